The first-order valence-electron chi connectivity index (χ1n) is 5.97. The van der Waals surface area contributed by atoms with Crippen LogP contribution in [0.2, 0.25) is 0 Å². The molecule has 110 valence electrons. The number of anilines is 3. The van der Waals surface area contributed by atoms with E-state index in [1.165, 1.54) is 36.4 Å². The number of amides is 1. The minimum atomic E-state index is -2.98. The molecule has 21 heavy (non-hydrogen) atoms. The van der Waals surface area contributed by atoms with Crippen molar-refractivity contribution in [3.63, 3.8) is 0 Å². The second-order valence-electron chi connectivity index (χ2n) is 4.18. The predicted octanol–water partition coefficient (Wildman–Crippen LogP) is 2.70. The topological polar surface area (TPSA) is 90.4 Å². The summed E-state index contributed by atoms with van der Waals surface area (Å²) in [6.07, 6.45) is 0. The molecule has 0 spiro atoms. The number of para-hydroxylation sites is 2. The van der Waals surface area contributed by atoms with Gasteiger partial charge in [-0.15, -0.1) is 0 Å². The highest BCUT2D eigenvalue weighted by atomic mass is 19.3. The molecular formula is C14H13F2N3O2. The van der Waals surface area contributed by atoms with Crippen LogP contribution < -0.4 is 21.5 Å². The van der Waals surface area contributed by atoms with Crippen LogP contribution in [0.4, 0.5) is 25.8 Å². The maximum absolute atomic E-state index is 12.3. The van der Waals surface area contributed by atoms with Gasteiger partial charge in [0.2, 0.25) is 0 Å². The lowest BCUT2D eigenvalue weighted by Crippen LogP contribution is -2.15. The number of nitrogens with one attached hydrogen (secondary N) is 1. The highest BCUT2D eigenvalue weighted by Crippen LogP contribution is 2.26. The molecule has 7 heteroatoms. The summed E-state index contributed by atoms with van der Waals surface area (Å²) in [7, 11) is 0. The molecule has 0 unspecified atom stereocenters. The standard InChI is InChI=1S/C14H13F2N3O2/c15-14(16)21-12-4-2-1-3-11(12)19-13(20)9-6-5-8(17)7-10(9)18/h1-7,14H,17-18H2,(H,19,20). The summed E-state index contributed by atoms with van der Waals surface area (Å²) in [6.45, 7) is -2.98. The SMILES string of the molecule is Nc1ccc(C(=O)Nc2ccccc2OC(F)F)c(N)c1. The van der Waals surface area contributed by atoms with Gasteiger partial charge in [-0.3, -0.25) is 4.79 Å². The fraction of sp³-hybridized carbons (Fsp3) is 0.0714. The van der Waals surface area contributed by atoms with Crippen LogP contribution in [0.25, 0.3) is 0 Å². The first-order valence-corrected chi connectivity index (χ1v) is 5.97. The van der Waals surface area contributed by atoms with Crippen LogP contribution in [0.1, 0.15) is 10.4 Å². The van der Waals surface area contributed by atoms with Crippen LogP contribution in [0, 0.1) is 0 Å². The highest BCUT2D eigenvalue weighted by molar-refractivity contribution is 6.08. The Morgan fingerprint density at radius 3 is 2.52 bits per heavy atom. The monoisotopic (exact) mass is 293 g/mol. The van der Waals surface area contributed by atoms with Crippen LogP contribution in [0.15, 0.2) is 42.5 Å². The van der Waals surface area contributed by atoms with Crippen molar-refractivity contribution < 1.29 is 18.3 Å². The van der Waals surface area contributed by atoms with Gasteiger partial charge >= 0.3 is 6.61 Å². The van der Waals surface area contributed by atoms with Gasteiger partial charge in [-0.2, -0.15) is 8.78 Å². The smallest absolute Gasteiger partial charge is 0.387 e. The van der Waals surface area contributed by atoms with Gasteiger partial charge in [0.05, 0.1) is 11.3 Å². The van der Waals surface area contributed by atoms with Crippen molar-refractivity contribution in [1.82, 2.24) is 0 Å². The molecule has 0 aromatic heterocycles. The second-order valence-corrected chi connectivity index (χ2v) is 4.18. The Morgan fingerprint density at radius 1 is 1.14 bits per heavy atom. The van der Waals surface area contributed by atoms with Crippen molar-refractivity contribution in [2.45, 2.75) is 6.61 Å². The Morgan fingerprint density at radius 2 is 1.86 bits per heavy atom. The molecule has 2 aromatic rings. The third kappa shape index (κ3) is 3.59. The Hall–Kier alpha value is -2.83. The molecule has 0 aliphatic heterocycles. The van der Waals surface area contributed by atoms with E-state index in [2.05, 4.69) is 10.1 Å². The number of ether oxygens (including phenoxy) is 1. The summed E-state index contributed by atoms with van der Waals surface area (Å²) in [4.78, 5) is 12.1. The summed E-state index contributed by atoms with van der Waals surface area (Å²) >= 11 is 0. The Balaban J connectivity index is 2.23. The van der Waals surface area contributed by atoms with E-state index in [0.29, 0.717) is 5.69 Å². The molecular weight excluding hydrogens is 280 g/mol. The van der Waals surface area contributed by atoms with Crippen LogP contribution in [0.5, 0.6) is 5.75 Å². The average Bonchev–Trinajstić information content (AvgIpc) is 2.40. The van der Waals surface area contributed by atoms with Gasteiger partial charge in [-0.25, -0.2) is 0 Å². The first kappa shape index (κ1) is 14.6. The molecule has 1 amide bonds. The third-order valence-electron chi connectivity index (χ3n) is 2.67. The predicted molar refractivity (Wildman–Crippen MR) is 76.3 cm³/mol. The van der Waals surface area contributed by atoms with Crippen LogP contribution >= 0.6 is 0 Å². The minimum absolute atomic E-state index is 0.124. The molecule has 0 saturated heterocycles. The molecule has 0 atom stereocenters. The number of benzene rings is 2. The first-order chi connectivity index (χ1) is 9.97. The Labute approximate surface area is 119 Å². The summed E-state index contributed by atoms with van der Waals surface area (Å²) in [6, 6.07) is 10.3. The van der Waals surface area contributed by atoms with Gasteiger partial charge < -0.3 is 21.5 Å². The van der Waals surface area contributed by atoms with Gasteiger partial charge in [0.25, 0.3) is 5.91 Å². The summed E-state index contributed by atoms with van der Waals surface area (Å²) in [5, 5.41) is 2.47. The summed E-state index contributed by atoms with van der Waals surface area (Å²) < 4.78 is 28.9. The summed E-state index contributed by atoms with van der Waals surface area (Å²) in [5.74, 6) is -0.673. The van der Waals surface area contributed by atoms with Gasteiger partial charge in [-0.1, -0.05) is 12.1 Å². The van der Waals surface area contributed by atoms with Gasteiger partial charge in [0, 0.05) is 11.4 Å². The van der Waals surface area contributed by atoms with E-state index in [1.807, 2.05) is 0 Å². The molecule has 5 nitrogen and oxygen atoms in total. The minimum Gasteiger partial charge on any atom is -0.433 e. The molecule has 0 bridgehead atoms. The quantitative estimate of drug-likeness (QED) is 0.756. The fourth-order valence-corrected chi connectivity index (χ4v) is 1.75. The third-order valence-corrected chi connectivity index (χ3v) is 2.67. The maximum Gasteiger partial charge on any atom is 0.387 e. The van der Waals surface area contributed by atoms with E-state index in [-0.39, 0.29) is 22.7 Å². The zero-order valence-corrected chi connectivity index (χ0v) is 10.8. The van der Waals surface area contributed by atoms with Gasteiger partial charge in [0.15, 0.2) is 0 Å². The molecule has 2 rings (SSSR count). The number of halogens is 2. The van der Waals surface area contributed by atoms with E-state index in [1.54, 1.807) is 6.07 Å². The number of carbonyl (C=O) groups excluding carboxylic acids is 1. The average molecular weight is 293 g/mol. The largest absolute Gasteiger partial charge is 0.433 e. The number of nitrogen functional groups attached to an aromatic ring is 2. The van der Waals surface area contributed by atoms with Crippen molar-refractivity contribution in [3.8, 4) is 5.75 Å². The van der Waals surface area contributed by atoms with Crippen molar-refractivity contribution in [3.05, 3.63) is 48.0 Å². The van der Waals surface area contributed by atoms with Crippen LogP contribution in [0.3, 0.4) is 0 Å². The molecule has 0 saturated carbocycles. The van der Waals surface area contributed by atoms with Gasteiger partial charge in [0.1, 0.15) is 5.75 Å². The normalized spacial score (nSPS) is 10.4. The molecule has 0 aliphatic carbocycles. The van der Waals surface area contributed by atoms with Crippen molar-refractivity contribution in [2.75, 3.05) is 16.8 Å². The van der Waals surface area contributed by atoms with E-state index in [0.717, 1.165) is 0 Å². The van der Waals surface area contributed by atoms with E-state index >= 15 is 0 Å². The number of alkyl halides is 2. The maximum atomic E-state index is 12.3. The Bertz CT molecular complexity index is 662. The van der Waals surface area contributed by atoms with Crippen molar-refractivity contribution in [1.29, 1.82) is 0 Å². The molecule has 0 aliphatic rings. The fourth-order valence-electron chi connectivity index (χ4n) is 1.75. The number of hydrogen-bond donors (Lipinski definition) is 3. The zero-order chi connectivity index (χ0) is 15.4. The zero-order valence-electron chi connectivity index (χ0n) is 10.8. The van der Waals surface area contributed by atoms with Gasteiger partial charge in [-0.05, 0) is 30.3 Å². The number of carbonyl (C=O) groups is 1. The molecule has 0 heterocycles. The summed E-state index contributed by atoms with van der Waals surface area (Å²) in [5.41, 5.74) is 12.2. The van der Waals surface area contributed by atoms with Crippen molar-refractivity contribution in [2.24, 2.45) is 0 Å². The lowest BCUT2D eigenvalue weighted by molar-refractivity contribution is -0.0493. The van der Waals surface area contributed by atoms with E-state index in [9.17, 15) is 13.6 Å². The van der Waals surface area contributed by atoms with E-state index < -0.39 is 12.5 Å². The molecule has 5 N–H and O–H groups in total. The number of hydrogen-bond acceptors (Lipinski definition) is 4. The number of nitrogens with two attached hydrogens (primary N) is 2. The highest BCUT2D eigenvalue weighted by Gasteiger charge is 2.14. The second kappa shape index (κ2) is 6.08. The molecule has 0 radical (unpaired) electrons. The van der Waals surface area contributed by atoms with Crippen LogP contribution in [-0.2, 0) is 0 Å². The lowest BCUT2D eigenvalue weighted by atomic mass is 10.1. The van der Waals surface area contributed by atoms with Crippen molar-refractivity contribution >= 4 is 23.0 Å². The van der Waals surface area contributed by atoms with E-state index in [4.69, 9.17) is 11.5 Å². The lowest BCUT2D eigenvalue weighted by Gasteiger charge is -2.12. The number of rotatable bonds is 4. The molecule has 2 aromatic carbocycles. The Kier molecular flexibility index (Phi) is 4.22. The molecule has 0 fully saturated rings. The van der Waals surface area contributed by atoms with Crippen LogP contribution in [-0.4, -0.2) is 12.5 Å².